The number of benzene rings is 2. The second-order valence-corrected chi connectivity index (χ2v) is 7.41. The summed E-state index contributed by atoms with van der Waals surface area (Å²) in [5, 5.41) is 8.77. The highest BCUT2D eigenvalue weighted by Crippen LogP contribution is 2.43. The lowest BCUT2D eigenvalue weighted by atomic mass is 9.93. The summed E-state index contributed by atoms with van der Waals surface area (Å²) in [5.41, 5.74) is 4.01. The van der Waals surface area contributed by atoms with Gasteiger partial charge in [0.2, 0.25) is 0 Å². The van der Waals surface area contributed by atoms with Crippen molar-refractivity contribution in [3.63, 3.8) is 0 Å². The first-order chi connectivity index (χ1) is 14.5. The molecular formula is C23H16Cl2FN3O. The van der Waals surface area contributed by atoms with Gasteiger partial charge in [0.05, 0.1) is 29.6 Å². The number of ether oxygens (including phenoxy) is 1. The Balaban J connectivity index is 2.08. The molecule has 0 saturated carbocycles. The molecule has 4 nitrogen and oxygen atoms in total. The van der Waals surface area contributed by atoms with Crippen molar-refractivity contribution in [3.05, 3.63) is 82.4 Å². The van der Waals surface area contributed by atoms with E-state index in [0.29, 0.717) is 38.9 Å². The van der Waals surface area contributed by atoms with E-state index in [1.165, 1.54) is 13.2 Å². The molecule has 0 atom stereocenters. The summed E-state index contributed by atoms with van der Waals surface area (Å²) in [6.07, 6.45) is 1.54. The molecule has 2 aromatic heterocycles. The Labute approximate surface area is 183 Å². The lowest BCUT2D eigenvalue weighted by molar-refractivity contribution is 0.413. The van der Waals surface area contributed by atoms with Crippen molar-refractivity contribution < 1.29 is 9.13 Å². The van der Waals surface area contributed by atoms with Gasteiger partial charge in [-0.05, 0) is 24.6 Å². The number of halogens is 3. The summed E-state index contributed by atoms with van der Waals surface area (Å²) in [7, 11) is 1.53. The molecule has 4 rings (SSSR count). The Kier molecular flexibility index (Phi) is 5.66. The van der Waals surface area contributed by atoms with Gasteiger partial charge in [0, 0.05) is 17.2 Å². The number of nitrogens with zero attached hydrogens (tertiary/aromatic N) is 3. The van der Waals surface area contributed by atoms with Crippen LogP contribution in [0.1, 0.15) is 5.56 Å². The second kappa shape index (κ2) is 8.38. The fraction of sp³-hybridized carbons (Fsp3) is 0.0870. The van der Waals surface area contributed by atoms with Crippen LogP contribution in [-0.2, 0) is 0 Å². The highest BCUT2D eigenvalue weighted by molar-refractivity contribution is 6.36. The Morgan fingerprint density at radius 1 is 0.900 bits per heavy atom. The summed E-state index contributed by atoms with van der Waals surface area (Å²) in [6.45, 7) is 1.99. The Morgan fingerprint density at radius 3 is 2.30 bits per heavy atom. The molecule has 0 aliphatic heterocycles. The molecular weight excluding hydrogens is 424 g/mol. The van der Waals surface area contributed by atoms with Gasteiger partial charge < -0.3 is 4.74 Å². The minimum Gasteiger partial charge on any atom is -0.495 e. The van der Waals surface area contributed by atoms with E-state index in [9.17, 15) is 4.39 Å². The summed E-state index contributed by atoms with van der Waals surface area (Å²) < 4.78 is 19.9. The van der Waals surface area contributed by atoms with Gasteiger partial charge in [-0.15, -0.1) is 10.2 Å². The third-order valence-corrected chi connectivity index (χ3v) is 5.24. The molecule has 2 aromatic carbocycles. The zero-order valence-corrected chi connectivity index (χ0v) is 17.7. The molecule has 2 heterocycles. The fourth-order valence-electron chi connectivity index (χ4n) is 3.19. The number of aryl methyl sites for hydroxylation is 1. The molecule has 0 aliphatic carbocycles. The van der Waals surface area contributed by atoms with Crippen molar-refractivity contribution in [2.45, 2.75) is 6.92 Å². The average Bonchev–Trinajstić information content (AvgIpc) is 2.75. The number of methoxy groups -OCH3 is 1. The monoisotopic (exact) mass is 439 g/mol. The van der Waals surface area contributed by atoms with Crippen molar-refractivity contribution >= 4 is 23.2 Å². The minimum atomic E-state index is -0.415. The van der Waals surface area contributed by atoms with E-state index in [2.05, 4.69) is 15.2 Å². The molecule has 0 unspecified atom stereocenters. The molecule has 0 saturated heterocycles. The topological polar surface area (TPSA) is 47.9 Å². The van der Waals surface area contributed by atoms with Crippen molar-refractivity contribution in [1.82, 2.24) is 15.2 Å². The van der Waals surface area contributed by atoms with Crippen molar-refractivity contribution in [2.24, 2.45) is 0 Å². The van der Waals surface area contributed by atoms with Crippen molar-refractivity contribution in [3.8, 4) is 39.4 Å². The van der Waals surface area contributed by atoms with Crippen LogP contribution in [0, 0.1) is 12.7 Å². The van der Waals surface area contributed by atoms with Crippen LogP contribution in [0.15, 0.2) is 60.8 Å². The van der Waals surface area contributed by atoms with Gasteiger partial charge in [0.15, 0.2) is 5.15 Å². The predicted octanol–water partition coefficient (Wildman–Crippen LogP) is 6.64. The van der Waals surface area contributed by atoms with Crippen LogP contribution < -0.4 is 4.74 Å². The molecule has 0 bridgehead atoms. The second-order valence-electron chi connectivity index (χ2n) is 6.64. The highest BCUT2D eigenvalue weighted by atomic mass is 35.5. The first kappa shape index (κ1) is 20.3. The van der Waals surface area contributed by atoms with Crippen LogP contribution in [0.5, 0.6) is 5.75 Å². The largest absolute Gasteiger partial charge is 0.495 e. The van der Waals surface area contributed by atoms with Gasteiger partial charge >= 0.3 is 0 Å². The van der Waals surface area contributed by atoms with Gasteiger partial charge in [0.1, 0.15) is 17.3 Å². The standard InChI is InChI=1S/C23H16Cl2FN3O/c1-13-7-9-14(10-8-13)19-20(22-17(24)11-15(30-2)12-27-22)23(25)29-28-21(19)16-5-3-4-6-18(16)26/h3-12H,1-2H3. The SMILES string of the molecule is COc1cnc(-c2c(Cl)nnc(-c3ccccc3F)c2-c2ccc(C)cc2)c(Cl)c1. The fourth-order valence-corrected chi connectivity index (χ4v) is 3.66. The Morgan fingerprint density at radius 2 is 1.63 bits per heavy atom. The smallest absolute Gasteiger partial charge is 0.161 e. The normalized spacial score (nSPS) is 10.8. The number of hydrogen-bond donors (Lipinski definition) is 0. The molecule has 0 spiro atoms. The number of pyridine rings is 1. The maximum Gasteiger partial charge on any atom is 0.161 e. The van der Waals surface area contributed by atoms with E-state index in [4.69, 9.17) is 27.9 Å². The molecule has 150 valence electrons. The van der Waals surface area contributed by atoms with E-state index in [1.807, 2.05) is 31.2 Å². The minimum absolute atomic E-state index is 0.116. The summed E-state index contributed by atoms with van der Waals surface area (Å²) in [4.78, 5) is 4.44. The van der Waals surface area contributed by atoms with Gasteiger partial charge in [-0.25, -0.2) is 4.39 Å². The lowest BCUT2D eigenvalue weighted by Crippen LogP contribution is -2.01. The zero-order valence-electron chi connectivity index (χ0n) is 16.2. The average molecular weight is 440 g/mol. The third-order valence-electron chi connectivity index (χ3n) is 4.69. The summed E-state index contributed by atoms with van der Waals surface area (Å²) in [6, 6.07) is 15.8. The highest BCUT2D eigenvalue weighted by Gasteiger charge is 2.24. The number of rotatable bonds is 4. The van der Waals surface area contributed by atoms with Gasteiger partial charge in [-0.1, -0.05) is 65.2 Å². The molecule has 0 N–H and O–H groups in total. The first-order valence-corrected chi connectivity index (χ1v) is 9.83. The Hall–Kier alpha value is -3.02. The van der Waals surface area contributed by atoms with Crippen LogP contribution in [0.25, 0.3) is 33.6 Å². The maximum absolute atomic E-state index is 14.7. The van der Waals surface area contributed by atoms with E-state index in [0.717, 1.165) is 11.1 Å². The van der Waals surface area contributed by atoms with Crippen molar-refractivity contribution in [1.29, 1.82) is 0 Å². The quantitative estimate of drug-likeness (QED) is 0.357. The van der Waals surface area contributed by atoms with E-state index in [-0.39, 0.29) is 5.15 Å². The maximum atomic E-state index is 14.7. The van der Waals surface area contributed by atoms with Crippen LogP contribution >= 0.6 is 23.2 Å². The predicted molar refractivity (Wildman–Crippen MR) is 117 cm³/mol. The van der Waals surface area contributed by atoms with Gasteiger partial charge in [0.25, 0.3) is 0 Å². The zero-order chi connectivity index (χ0) is 21.3. The molecule has 4 aromatic rings. The molecule has 0 aliphatic rings. The lowest BCUT2D eigenvalue weighted by Gasteiger charge is -2.16. The van der Waals surface area contributed by atoms with E-state index >= 15 is 0 Å². The van der Waals surface area contributed by atoms with Crippen LogP contribution in [0.3, 0.4) is 0 Å². The van der Waals surface area contributed by atoms with Gasteiger partial charge in [-0.3, -0.25) is 4.98 Å². The van der Waals surface area contributed by atoms with Crippen LogP contribution in [-0.4, -0.2) is 22.3 Å². The number of aromatic nitrogens is 3. The van der Waals surface area contributed by atoms with E-state index in [1.54, 1.807) is 30.5 Å². The van der Waals surface area contributed by atoms with Crippen molar-refractivity contribution in [2.75, 3.05) is 7.11 Å². The molecule has 7 heteroatoms. The van der Waals surface area contributed by atoms with Crippen LogP contribution in [0.2, 0.25) is 10.2 Å². The first-order valence-electron chi connectivity index (χ1n) is 9.07. The number of hydrogen-bond acceptors (Lipinski definition) is 4. The third kappa shape index (κ3) is 3.74. The Bertz CT molecular complexity index is 1230. The molecule has 0 fully saturated rings. The van der Waals surface area contributed by atoms with E-state index < -0.39 is 5.82 Å². The summed E-state index contributed by atoms with van der Waals surface area (Å²) >= 11 is 13.0. The molecule has 30 heavy (non-hydrogen) atoms. The summed E-state index contributed by atoms with van der Waals surface area (Å²) in [5.74, 6) is 0.0929. The van der Waals surface area contributed by atoms with Gasteiger partial charge in [-0.2, -0.15) is 0 Å². The molecule has 0 radical (unpaired) electrons. The van der Waals surface area contributed by atoms with Crippen LogP contribution in [0.4, 0.5) is 4.39 Å². The molecule has 0 amide bonds.